The molecule has 1 aromatic heterocycles. The van der Waals surface area contributed by atoms with Gasteiger partial charge in [-0.15, -0.1) is 0 Å². The van der Waals surface area contributed by atoms with Gasteiger partial charge in [0.25, 0.3) is 5.91 Å². The summed E-state index contributed by atoms with van der Waals surface area (Å²) in [5, 5.41) is 13.0. The van der Waals surface area contributed by atoms with Crippen LogP contribution in [0.25, 0.3) is 0 Å². The highest BCUT2D eigenvalue weighted by Gasteiger charge is 2.37. The Kier molecular flexibility index (Phi) is 5.71. The molecular weight excluding hydrogens is 444 g/mol. The number of aliphatic hydroxyl groups excluding tert-OH is 1. The summed E-state index contributed by atoms with van der Waals surface area (Å²) in [5.41, 5.74) is 0.341. The van der Waals surface area contributed by atoms with Crippen LogP contribution >= 0.6 is 0 Å². The third kappa shape index (κ3) is 4.09. The van der Waals surface area contributed by atoms with Gasteiger partial charge in [0.2, 0.25) is 10.0 Å². The highest BCUT2D eigenvalue weighted by Crippen LogP contribution is 2.34. The van der Waals surface area contributed by atoms with Crippen LogP contribution in [0.4, 0.5) is 14.5 Å². The van der Waals surface area contributed by atoms with Gasteiger partial charge >= 0.3 is 0 Å². The number of rotatable bonds is 4. The van der Waals surface area contributed by atoms with Crippen LogP contribution in [0.5, 0.6) is 5.75 Å². The number of fused-ring (bicyclic) bond motifs is 1. The van der Waals surface area contributed by atoms with E-state index < -0.39 is 39.7 Å². The average Bonchev–Trinajstić information content (AvgIpc) is 3.04. The molecule has 4 rings (SSSR count). The highest BCUT2D eigenvalue weighted by atomic mass is 32.2. The molecule has 11 heteroatoms. The van der Waals surface area contributed by atoms with Crippen molar-refractivity contribution in [1.29, 1.82) is 0 Å². The lowest BCUT2D eigenvalue weighted by Crippen LogP contribution is -2.41. The molecule has 0 bridgehead atoms. The van der Waals surface area contributed by atoms with Crippen LogP contribution in [0.2, 0.25) is 0 Å². The second-order valence-electron chi connectivity index (χ2n) is 7.26. The number of hydrogen-bond donors (Lipinski definition) is 3. The van der Waals surface area contributed by atoms with E-state index in [0.717, 1.165) is 12.1 Å². The van der Waals surface area contributed by atoms with Gasteiger partial charge in [0.1, 0.15) is 11.5 Å². The molecule has 1 unspecified atom stereocenters. The number of anilines is 1. The van der Waals surface area contributed by atoms with Crippen molar-refractivity contribution in [2.75, 3.05) is 11.9 Å². The lowest BCUT2D eigenvalue weighted by atomic mass is 10.0. The van der Waals surface area contributed by atoms with Gasteiger partial charge in [0.05, 0.1) is 12.1 Å². The van der Waals surface area contributed by atoms with Crippen molar-refractivity contribution in [3.63, 3.8) is 0 Å². The lowest BCUT2D eigenvalue weighted by molar-refractivity contribution is 0.0996. The standard InChI is InChI=1S/C21H19F2N3O5S/c1-26-10-17-20(18(26)21(28)24-13-7-8-14(22)15(23)9-13)31-11-16(25-32(17,29)30)19(27)12-5-3-2-4-6-12/h2-10,16,19,25,27H,11H2,1H3,(H,24,28)/t16?,19-/m0/s1. The van der Waals surface area contributed by atoms with Crippen LogP contribution in [0.15, 0.2) is 59.6 Å². The van der Waals surface area contributed by atoms with Gasteiger partial charge in [-0.25, -0.2) is 21.9 Å². The topological polar surface area (TPSA) is 110 Å². The maximum absolute atomic E-state index is 13.5. The van der Waals surface area contributed by atoms with E-state index in [-0.39, 0.29) is 28.6 Å². The molecule has 0 saturated carbocycles. The Hall–Kier alpha value is -3.28. The van der Waals surface area contributed by atoms with Crippen LogP contribution < -0.4 is 14.8 Å². The van der Waals surface area contributed by atoms with E-state index in [1.807, 2.05) is 0 Å². The minimum Gasteiger partial charge on any atom is -0.488 e. The number of nitrogens with one attached hydrogen (secondary N) is 2. The highest BCUT2D eigenvalue weighted by molar-refractivity contribution is 7.89. The first-order chi connectivity index (χ1) is 15.2. The number of carbonyl (C=O) groups is 1. The minimum absolute atomic E-state index is 0.0177. The van der Waals surface area contributed by atoms with Gasteiger partial charge in [0.15, 0.2) is 23.1 Å². The molecular formula is C21H19F2N3O5S. The number of nitrogens with zero attached hydrogens (tertiary/aromatic N) is 1. The number of halogens is 2. The molecule has 8 nitrogen and oxygen atoms in total. The smallest absolute Gasteiger partial charge is 0.276 e. The first-order valence-corrected chi connectivity index (χ1v) is 11.0. The van der Waals surface area contributed by atoms with Gasteiger partial charge in [-0.05, 0) is 17.7 Å². The molecule has 0 aliphatic carbocycles. The number of aliphatic hydroxyl groups is 1. The van der Waals surface area contributed by atoms with Crippen LogP contribution in [-0.2, 0) is 17.1 Å². The van der Waals surface area contributed by atoms with E-state index in [2.05, 4.69) is 10.0 Å². The zero-order valence-corrected chi connectivity index (χ0v) is 17.6. The molecule has 168 valence electrons. The first kappa shape index (κ1) is 21.9. The Balaban J connectivity index is 1.64. The van der Waals surface area contributed by atoms with Crippen LogP contribution in [-0.4, -0.2) is 36.6 Å². The van der Waals surface area contributed by atoms with Gasteiger partial charge in [-0.1, -0.05) is 30.3 Å². The van der Waals surface area contributed by atoms with Crippen molar-refractivity contribution in [2.24, 2.45) is 7.05 Å². The van der Waals surface area contributed by atoms with Crippen molar-refractivity contribution in [2.45, 2.75) is 17.0 Å². The Morgan fingerprint density at radius 2 is 1.94 bits per heavy atom. The number of amides is 1. The second-order valence-corrected chi connectivity index (χ2v) is 8.94. The molecule has 3 aromatic rings. The third-order valence-electron chi connectivity index (χ3n) is 5.02. The Labute approximate surface area is 182 Å². The van der Waals surface area contributed by atoms with Gasteiger partial charge < -0.3 is 19.7 Å². The van der Waals surface area contributed by atoms with Crippen LogP contribution in [0.1, 0.15) is 22.2 Å². The Morgan fingerprint density at radius 1 is 1.22 bits per heavy atom. The van der Waals surface area contributed by atoms with Crippen molar-refractivity contribution in [3.8, 4) is 5.75 Å². The molecule has 2 atom stereocenters. The number of benzene rings is 2. The summed E-state index contributed by atoms with van der Waals surface area (Å²) in [6, 6.07) is 10.3. The van der Waals surface area contributed by atoms with Gasteiger partial charge in [-0.2, -0.15) is 0 Å². The predicted octanol–water partition coefficient (Wildman–Crippen LogP) is 2.33. The van der Waals surface area contributed by atoms with E-state index in [1.54, 1.807) is 30.3 Å². The Morgan fingerprint density at radius 3 is 2.62 bits per heavy atom. The maximum atomic E-state index is 13.5. The molecule has 1 amide bonds. The number of aryl methyl sites for hydroxylation is 1. The fraction of sp³-hybridized carbons (Fsp3) is 0.190. The summed E-state index contributed by atoms with van der Waals surface area (Å²) in [6.07, 6.45) is 0.0120. The van der Waals surface area contributed by atoms with Gasteiger partial charge in [0, 0.05) is 25.0 Å². The number of sulfonamides is 1. The normalized spacial score (nSPS) is 18.2. The largest absolute Gasteiger partial charge is 0.488 e. The number of aromatic nitrogens is 1. The van der Waals surface area contributed by atoms with E-state index in [1.165, 1.54) is 23.9 Å². The van der Waals surface area contributed by atoms with Crippen molar-refractivity contribution in [3.05, 3.63) is 77.6 Å². The second kappa shape index (κ2) is 8.34. The van der Waals surface area contributed by atoms with E-state index in [9.17, 15) is 27.1 Å². The SMILES string of the molecule is Cn1cc2c(c1C(=O)Nc1ccc(F)c(F)c1)OCC([C@@H](O)c1ccccc1)NS2(=O)=O. The van der Waals surface area contributed by atoms with Crippen molar-refractivity contribution < 1.29 is 31.8 Å². The quantitative estimate of drug-likeness (QED) is 0.550. The lowest BCUT2D eigenvalue weighted by Gasteiger charge is -2.21. The molecule has 32 heavy (non-hydrogen) atoms. The molecule has 1 aliphatic rings. The summed E-state index contributed by atoms with van der Waals surface area (Å²) >= 11 is 0. The monoisotopic (exact) mass is 463 g/mol. The number of carbonyl (C=O) groups excluding carboxylic acids is 1. The molecule has 1 aliphatic heterocycles. The minimum atomic E-state index is -4.15. The average molecular weight is 463 g/mol. The summed E-state index contributed by atoms with van der Waals surface area (Å²) in [7, 11) is -2.70. The third-order valence-corrected chi connectivity index (χ3v) is 6.50. The molecule has 2 heterocycles. The zero-order valence-electron chi connectivity index (χ0n) is 16.7. The van der Waals surface area contributed by atoms with E-state index >= 15 is 0 Å². The fourth-order valence-corrected chi connectivity index (χ4v) is 4.86. The molecule has 0 fully saturated rings. The summed E-state index contributed by atoms with van der Waals surface area (Å²) in [4.78, 5) is 12.6. The number of hydrogen-bond acceptors (Lipinski definition) is 5. The van der Waals surface area contributed by atoms with E-state index in [4.69, 9.17) is 4.74 Å². The maximum Gasteiger partial charge on any atom is 0.276 e. The van der Waals surface area contributed by atoms with E-state index in [0.29, 0.717) is 5.56 Å². The van der Waals surface area contributed by atoms with Crippen molar-refractivity contribution >= 4 is 21.6 Å². The molecule has 0 saturated heterocycles. The van der Waals surface area contributed by atoms with Crippen LogP contribution in [0, 0.1) is 11.6 Å². The molecule has 0 spiro atoms. The number of ether oxygens (including phenoxy) is 1. The van der Waals surface area contributed by atoms with Crippen molar-refractivity contribution in [1.82, 2.24) is 9.29 Å². The molecule has 0 radical (unpaired) electrons. The van der Waals surface area contributed by atoms with Crippen LogP contribution in [0.3, 0.4) is 0 Å². The summed E-state index contributed by atoms with van der Waals surface area (Å²) < 4.78 is 61.8. The Bertz CT molecular complexity index is 1280. The molecule has 3 N–H and O–H groups in total. The summed E-state index contributed by atoms with van der Waals surface area (Å²) in [5.74, 6) is -3.20. The molecule has 2 aromatic carbocycles. The predicted molar refractivity (Wildman–Crippen MR) is 111 cm³/mol. The van der Waals surface area contributed by atoms with Gasteiger partial charge in [-0.3, -0.25) is 4.79 Å². The zero-order chi connectivity index (χ0) is 23.0. The fourth-order valence-electron chi connectivity index (χ4n) is 3.44. The summed E-state index contributed by atoms with van der Waals surface area (Å²) in [6.45, 7) is -0.252. The first-order valence-electron chi connectivity index (χ1n) is 9.51.